The van der Waals surface area contributed by atoms with E-state index in [0.717, 1.165) is 31.4 Å². The fourth-order valence-electron chi connectivity index (χ4n) is 5.22. The molecule has 1 N–H and O–H groups in total. The normalized spacial score (nSPS) is 21.2. The SMILES string of the molecule is CCOC(=O)C1=C(C2CCC(c3nc(C(=O)OC)co3)CC2)NC(c2nccs2)=NC1c1cccc(F)c1C. The van der Waals surface area contributed by atoms with Crippen molar-refractivity contribution < 1.29 is 27.9 Å². The minimum atomic E-state index is -0.748. The van der Waals surface area contributed by atoms with E-state index in [1.807, 2.05) is 5.38 Å². The van der Waals surface area contributed by atoms with E-state index in [2.05, 4.69) is 15.3 Å². The highest BCUT2D eigenvalue weighted by molar-refractivity contribution is 7.11. The maximum Gasteiger partial charge on any atom is 0.360 e. The van der Waals surface area contributed by atoms with Crippen molar-refractivity contribution in [3.63, 3.8) is 0 Å². The van der Waals surface area contributed by atoms with E-state index in [1.54, 1.807) is 32.2 Å². The Morgan fingerprint density at radius 2 is 1.95 bits per heavy atom. The molecule has 3 heterocycles. The molecule has 11 heteroatoms. The minimum absolute atomic E-state index is 0.0162. The smallest absolute Gasteiger partial charge is 0.360 e. The summed E-state index contributed by atoms with van der Waals surface area (Å²) < 4.78 is 30.5. The molecule has 1 aliphatic heterocycles. The molecule has 3 aromatic rings. The Hall–Kier alpha value is -3.86. The standard InChI is InChI=1S/C28H29FN4O5S/c1-4-37-28(35)21-22(16-8-10-17(11-9-16)25-31-20(14-38-25)27(34)36-3)32-24(26-30-12-13-39-26)33-23(21)18-6-5-7-19(29)15(18)2/h5-7,12-14,16-17,23H,4,8-11H2,1-3H3,(H,32,33). The highest BCUT2D eigenvalue weighted by atomic mass is 32.1. The number of methoxy groups -OCH3 is 1. The predicted molar refractivity (Wildman–Crippen MR) is 142 cm³/mol. The Morgan fingerprint density at radius 3 is 2.64 bits per heavy atom. The van der Waals surface area contributed by atoms with E-state index < -0.39 is 18.0 Å². The number of allylic oxidation sites excluding steroid dienone is 1. The second kappa shape index (κ2) is 11.5. The molecular weight excluding hydrogens is 523 g/mol. The number of ether oxygens (including phenoxy) is 2. The van der Waals surface area contributed by atoms with Gasteiger partial charge < -0.3 is 19.2 Å². The monoisotopic (exact) mass is 552 g/mol. The number of thiazole rings is 1. The lowest BCUT2D eigenvalue weighted by Gasteiger charge is -2.34. The zero-order valence-corrected chi connectivity index (χ0v) is 22.7. The first kappa shape index (κ1) is 26.7. The van der Waals surface area contributed by atoms with E-state index in [9.17, 15) is 14.0 Å². The van der Waals surface area contributed by atoms with Crippen LogP contribution >= 0.6 is 11.3 Å². The first-order valence-electron chi connectivity index (χ1n) is 12.9. The van der Waals surface area contributed by atoms with Gasteiger partial charge in [-0.1, -0.05) is 12.1 Å². The van der Waals surface area contributed by atoms with Crippen molar-refractivity contribution in [2.45, 2.75) is 51.5 Å². The summed E-state index contributed by atoms with van der Waals surface area (Å²) in [6.07, 6.45) is 5.94. The second-order valence-corrected chi connectivity index (χ2v) is 10.4. The van der Waals surface area contributed by atoms with Gasteiger partial charge in [0.05, 0.1) is 19.3 Å². The molecule has 0 amide bonds. The van der Waals surface area contributed by atoms with Crippen molar-refractivity contribution in [2.75, 3.05) is 13.7 Å². The molecule has 5 rings (SSSR count). The maximum atomic E-state index is 14.7. The molecule has 1 unspecified atom stereocenters. The summed E-state index contributed by atoms with van der Waals surface area (Å²) in [6.45, 7) is 3.65. The van der Waals surface area contributed by atoms with Crippen LogP contribution in [-0.4, -0.2) is 41.5 Å². The maximum absolute atomic E-state index is 14.7. The van der Waals surface area contributed by atoms with Gasteiger partial charge in [0.25, 0.3) is 0 Å². The van der Waals surface area contributed by atoms with E-state index in [-0.39, 0.29) is 30.0 Å². The Balaban J connectivity index is 1.51. The highest BCUT2D eigenvalue weighted by Crippen LogP contribution is 2.43. The van der Waals surface area contributed by atoms with Gasteiger partial charge in [-0.25, -0.2) is 23.9 Å². The fourth-order valence-corrected chi connectivity index (χ4v) is 5.81. The van der Waals surface area contributed by atoms with Crippen LogP contribution in [0.5, 0.6) is 0 Å². The summed E-state index contributed by atoms with van der Waals surface area (Å²) in [5.74, 6) is -0.321. The van der Waals surface area contributed by atoms with Crippen LogP contribution in [0.15, 0.2) is 56.7 Å². The summed E-state index contributed by atoms with van der Waals surface area (Å²) in [7, 11) is 1.30. The fraction of sp³-hybridized carbons (Fsp3) is 0.393. The molecule has 204 valence electrons. The number of nitrogens with one attached hydrogen (secondary N) is 1. The zero-order valence-electron chi connectivity index (χ0n) is 21.9. The third-order valence-electron chi connectivity index (χ3n) is 7.21. The number of carbonyl (C=O) groups excluding carboxylic acids is 2. The van der Waals surface area contributed by atoms with Crippen molar-refractivity contribution in [3.8, 4) is 0 Å². The number of amidine groups is 1. The van der Waals surface area contributed by atoms with Gasteiger partial charge >= 0.3 is 11.9 Å². The Kier molecular flexibility index (Phi) is 7.87. The van der Waals surface area contributed by atoms with E-state index in [4.69, 9.17) is 18.9 Å². The summed E-state index contributed by atoms with van der Waals surface area (Å²) in [4.78, 5) is 38.9. The molecule has 9 nitrogen and oxygen atoms in total. The summed E-state index contributed by atoms with van der Waals surface area (Å²) in [6, 6.07) is 4.08. The Morgan fingerprint density at radius 1 is 1.18 bits per heavy atom. The number of oxazole rings is 1. The van der Waals surface area contributed by atoms with Crippen LogP contribution in [0.1, 0.15) is 77.1 Å². The van der Waals surface area contributed by atoms with Gasteiger partial charge in [0.15, 0.2) is 22.4 Å². The molecular formula is C28H29FN4O5S. The van der Waals surface area contributed by atoms with Crippen LogP contribution in [0, 0.1) is 18.7 Å². The number of hydrogen-bond acceptors (Lipinski definition) is 10. The number of halogens is 1. The van der Waals surface area contributed by atoms with Crippen LogP contribution in [0.25, 0.3) is 0 Å². The molecule has 0 radical (unpaired) electrons. The number of esters is 2. The van der Waals surface area contributed by atoms with Crippen LogP contribution < -0.4 is 5.32 Å². The number of carbonyl (C=O) groups is 2. The average Bonchev–Trinajstić information content (AvgIpc) is 3.67. The highest BCUT2D eigenvalue weighted by Gasteiger charge is 2.38. The van der Waals surface area contributed by atoms with Gasteiger partial charge in [-0.15, -0.1) is 11.3 Å². The lowest BCUT2D eigenvalue weighted by molar-refractivity contribution is -0.139. The number of aromatic nitrogens is 2. The number of aliphatic imine (C=N–C) groups is 1. The molecule has 1 atom stereocenters. The number of benzene rings is 1. The first-order valence-corrected chi connectivity index (χ1v) is 13.7. The van der Waals surface area contributed by atoms with E-state index in [1.165, 1.54) is 30.8 Å². The predicted octanol–water partition coefficient (Wildman–Crippen LogP) is 5.25. The molecule has 1 aliphatic carbocycles. The van der Waals surface area contributed by atoms with Crippen LogP contribution in [0.2, 0.25) is 0 Å². The van der Waals surface area contributed by atoms with Crippen LogP contribution in [0.3, 0.4) is 0 Å². The van der Waals surface area contributed by atoms with Crippen molar-refractivity contribution in [3.05, 3.63) is 80.8 Å². The van der Waals surface area contributed by atoms with Crippen molar-refractivity contribution >= 4 is 29.1 Å². The van der Waals surface area contributed by atoms with Gasteiger partial charge in [-0.05, 0) is 62.6 Å². The second-order valence-electron chi connectivity index (χ2n) is 9.46. The first-order chi connectivity index (χ1) is 18.9. The van der Waals surface area contributed by atoms with Gasteiger partial charge in [0.2, 0.25) is 0 Å². The van der Waals surface area contributed by atoms with Crippen molar-refractivity contribution in [1.82, 2.24) is 15.3 Å². The topological polar surface area (TPSA) is 116 Å². The summed E-state index contributed by atoms with van der Waals surface area (Å²) in [5, 5.41) is 5.95. The molecule has 1 fully saturated rings. The van der Waals surface area contributed by atoms with Crippen molar-refractivity contribution in [2.24, 2.45) is 10.9 Å². The molecule has 1 aromatic carbocycles. The van der Waals surface area contributed by atoms with Gasteiger partial charge in [-0.2, -0.15) is 0 Å². The molecule has 0 saturated heterocycles. The summed E-state index contributed by atoms with van der Waals surface area (Å²) in [5.41, 5.74) is 2.30. The quantitative estimate of drug-likeness (QED) is 0.395. The van der Waals surface area contributed by atoms with Crippen molar-refractivity contribution in [1.29, 1.82) is 0 Å². The number of hydrogen-bond donors (Lipinski definition) is 1. The van der Waals surface area contributed by atoms with Gasteiger partial charge in [0, 0.05) is 23.2 Å². The number of rotatable bonds is 7. The average molecular weight is 553 g/mol. The zero-order chi connectivity index (χ0) is 27.5. The van der Waals surface area contributed by atoms with Crippen LogP contribution in [-0.2, 0) is 14.3 Å². The Bertz CT molecular complexity index is 1420. The summed E-state index contributed by atoms with van der Waals surface area (Å²) >= 11 is 1.43. The molecule has 39 heavy (non-hydrogen) atoms. The third kappa shape index (κ3) is 5.36. The number of nitrogens with zero attached hydrogens (tertiary/aromatic N) is 3. The Labute approximate surface area is 229 Å². The van der Waals surface area contributed by atoms with E-state index >= 15 is 0 Å². The lowest BCUT2D eigenvalue weighted by atomic mass is 9.77. The largest absolute Gasteiger partial charge is 0.464 e. The van der Waals surface area contributed by atoms with Crippen LogP contribution in [0.4, 0.5) is 4.39 Å². The van der Waals surface area contributed by atoms with E-state index in [0.29, 0.717) is 33.4 Å². The minimum Gasteiger partial charge on any atom is -0.464 e. The van der Waals surface area contributed by atoms with Gasteiger partial charge in [-0.3, -0.25) is 4.99 Å². The molecule has 2 aromatic heterocycles. The molecule has 1 saturated carbocycles. The molecule has 0 bridgehead atoms. The third-order valence-corrected chi connectivity index (χ3v) is 7.99. The lowest BCUT2D eigenvalue weighted by Crippen LogP contribution is -2.38. The van der Waals surface area contributed by atoms with Gasteiger partial charge in [0.1, 0.15) is 18.1 Å². The molecule has 0 spiro atoms. The molecule has 2 aliphatic rings.